The van der Waals surface area contributed by atoms with E-state index in [0.717, 1.165) is 50.3 Å². The van der Waals surface area contributed by atoms with E-state index in [0.29, 0.717) is 19.0 Å². The van der Waals surface area contributed by atoms with Crippen molar-refractivity contribution in [1.82, 2.24) is 15.2 Å². The second kappa shape index (κ2) is 12.7. The molecule has 0 aromatic carbocycles. The lowest BCUT2D eigenvalue weighted by atomic mass is 9.97. The Bertz CT molecular complexity index is 604. The van der Waals surface area contributed by atoms with Crippen LogP contribution in [0.15, 0.2) is 23.3 Å². The van der Waals surface area contributed by atoms with Gasteiger partial charge in [-0.15, -0.1) is 24.0 Å². The summed E-state index contributed by atoms with van der Waals surface area (Å²) in [7, 11) is 3.22. The number of hydrogen-bond donors (Lipinski definition) is 1. The van der Waals surface area contributed by atoms with E-state index in [1.165, 1.54) is 7.11 Å². The van der Waals surface area contributed by atoms with Gasteiger partial charge in [0.15, 0.2) is 5.96 Å². The second-order valence-electron chi connectivity index (χ2n) is 6.35. The summed E-state index contributed by atoms with van der Waals surface area (Å²) in [5.41, 5.74) is 1.01. The first-order valence-corrected chi connectivity index (χ1v) is 9.29. The van der Waals surface area contributed by atoms with Crippen molar-refractivity contribution in [3.8, 4) is 5.88 Å². The van der Waals surface area contributed by atoms with Gasteiger partial charge in [-0.25, -0.2) is 4.98 Å². The van der Waals surface area contributed by atoms with Gasteiger partial charge in [0, 0.05) is 38.4 Å². The van der Waals surface area contributed by atoms with Gasteiger partial charge in [-0.1, -0.05) is 19.4 Å². The van der Waals surface area contributed by atoms with Crippen molar-refractivity contribution >= 4 is 35.9 Å². The van der Waals surface area contributed by atoms with Crippen molar-refractivity contribution in [2.24, 2.45) is 10.9 Å². The largest absolute Gasteiger partial charge is 0.477 e. The van der Waals surface area contributed by atoms with Gasteiger partial charge in [-0.2, -0.15) is 0 Å². The molecule has 2 rings (SSSR count). The summed E-state index contributed by atoms with van der Waals surface area (Å²) >= 11 is 0. The molecule has 0 unspecified atom stereocenters. The van der Waals surface area contributed by atoms with Crippen LogP contribution in [-0.4, -0.2) is 55.7 Å². The van der Waals surface area contributed by atoms with E-state index in [1.807, 2.05) is 12.1 Å². The summed E-state index contributed by atoms with van der Waals surface area (Å²) in [5.74, 6) is 1.38. The quantitative estimate of drug-likeness (QED) is 0.208. The van der Waals surface area contributed by atoms with Crippen molar-refractivity contribution < 1.29 is 14.3 Å². The highest BCUT2D eigenvalue weighted by molar-refractivity contribution is 14.0. The number of carbonyl (C=O) groups is 1. The Balaban J connectivity index is 0.00000364. The number of piperidine rings is 1. The number of pyridine rings is 1. The SMILES string of the molecule is CCCCOc1ncccc1CNC(=NC)N1CCC(C(=O)OC)CC1.I. The lowest BCUT2D eigenvalue weighted by Gasteiger charge is -2.33. The third-order valence-electron chi connectivity index (χ3n) is 4.56. The van der Waals surface area contributed by atoms with Crippen LogP contribution in [0.3, 0.4) is 0 Å². The van der Waals surface area contributed by atoms with Crippen LogP contribution >= 0.6 is 24.0 Å². The van der Waals surface area contributed by atoms with Gasteiger partial charge in [0.25, 0.3) is 0 Å². The number of aromatic nitrogens is 1. The molecule has 1 saturated heterocycles. The van der Waals surface area contributed by atoms with E-state index in [9.17, 15) is 4.79 Å². The first kappa shape index (κ1) is 23.5. The van der Waals surface area contributed by atoms with Crippen molar-refractivity contribution in [1.29, 1.82) is 0 Å². The summed E-state index contributed by atoms with van der Waals surface area (Å²) in [4.78, 5) is 22.6. The normalized spacial score (nSPS) is 15.1. The Kier molecular flexibility index (Phi) is 11.1. The molecule has 1 fully saturated rings. The zero-order valence-corrected chi connectivity index (χ0v) is 18.8. The predicted molar refractivity (Wildman–Crippen MR) is 117 cm³/mol. The standard InChI is InChI=1S/C19H30N4O3.HI/c1-4-5-13-26-17-16(7-6-10-21-17)14-22-19(20-2)23-11-8-15(9-12-23)18(24)25-3;/h6-7,10,15H,4-5,8-9,11-14H2,1-3H3,(H,20,22);1H. The average molecular weight is 490 g/mol. The Labute approximate surface area is 178 Å². The van der Waals surface area contributed by atoms with Crippen LogP contribution in [0.4, 0.5) is 0 Å². The number of halogens is 1. The van der Waals surface area contributed by atoms with E-state index in [1.54, 1.807) is 13.2 Å². The zero-order valence-electron chi connectivity index (χ0n) is 16.4. The van der Waals surface area contributed by atoms with Gasteiger partial charge in [-0.05, 0) is 25.3 Å². The fourth-order valence-corrected chi connectivity index (χ4v) is 3.00. The first-order chi connectivity index (χ1) is 12.7. The molecular weight excluding hydrogens is 459 g/mol. The summed E-state index contributed by atoms with van der Waals surface area (Å²) < 4.78 is 10.6. The van der Waals surface area contributed by atoms with E-state index in [-0.39, 0.29) is 35.9 Å². The first-order valence-electron chi connectivity index (χ1n) is 9.29. The Hall–Kier alpha value is -1.58. The Morgan fingerprint density at radius 1 is 1.41 bits per heavy atom. The maximum absolute atomic E-state index is 11.7. The number of unbranched alkanes of at least 4 members (excludes halogenated alkanes) is 1. The number of nitrogens with one attached hydrogen (secondary N) is 1. The molecule has 0 saturated carbocycles. The topological polar surface area (TPSA) is 76.0 Å². The number of esters is 1. The van der Waals surface area contributed by atoms with E-state index < -0.39 is 0 Å². The van der Waals surface area contributed by atoms with E-state index >= 15 is 0 Å². The number of carbonyl (C=O) groups excluding carboxylic acids is 1. The molecule has 0 spiro atoms. The minimum atomic E-state index is -0.114. The number of nitrogens with zero attached hydrogens (tertiary/aromatic N) is 3. The number of likely N-dealkylation sites (tertiary alicyclic amines) is 1. The fourth-order valence-electron chi connectivity index (χ4n) is 3.00. The van der Waals surface area contributed by atoms with Gasteiger partial charge in [-0.3, -0.25) is 9.79 Å². The number of aliphatic imine (C=N–C) groups is 1. The minimum Gasteiger partial charge on any atom is -0.477 e. The summed E-state index contributed by atoms with van der Waals surface area (Å²) in [6.07, 6.45) is 5.42. The number of guanidine groups is 1. The van der Waals surface area contributed by atoms with Crippen LogP contribution in [0.25, 0.3) is 0 Å². The number of methoxy groups -OCH3 is 1. The molecule has 1 aliphatic heterocycles. The smallest absolute Gasteiger partial charge is 0.308 e. The summed E-state index contributed by atoms with van der Waals surface area (Å²) in [6, 6.07) is 3.92. The number of hydrogen-bond acceptors (Lipinski definition) is 5. The molecule has 27 heavy (non-hydrogen) atoms. The lowest BCUT2D eigenvalue weighted by molar-refractivity contribution is -0.146. The van der Waals surface area contributed by atoms with Gasteiger partial charge >= 0.3 is 5.97 Å². The molecule has 152 valence electrons. The van der Waals surface area contributed by atoms with Crippen molar-refractivity contribution in [3.05, 3.63) is 23.9 Å². The molecule has 8 heteroatoms. The third-order valence-corrected chi connectivity index (χ3v) is 4.56. The molecular formula is C19H31IN4O3. The molecule has 1 N–H and O–H groups in total. The van der Waals surface area contributed by atoms with E-state index in [4.69, 9.17) is 9.47 Å². The van der Waals surface area contributed by atoms with Crippen LogP contribution in [0.5, 0.6) is 5.88 Å². The Morgan fingerprint density at radius 3 is 2.78 bits per heavy atom. The summed E-state index contributed by atoms with van der Waals surface area (Å²) in [6.45, 7) is 4.98. The molecule has 1 aliphatic rings. The molecule has 0 bridgehead atoms. The molecule has 0 amide bonds. The highest BCUT2D eigenvalue weighted by atomic mass is 127. The van der Waals surface area contributed by atoms with Gasteiger partial charge < -0.3 is 19.7 Å². The van der Waals surface area contributed by atoms with Crippen LogP contribution in [0, 0.1) is 5.92 Å². The molecule has 0 radical (unpaired) electrons. The molecule has 0 aliphatic carbocycles. The van der Waals surface area contributed by atoms with Gasteiger partial charge in [0.2, 0.25) is 5.88 Å². The zero-order chi connectivity index (χ0) is 18.8. The second-order valence-corrected chi connectivity index (χ2v) is 6.35. The molecule has 2 heterocycles. The molecule has 0 atom stereocenters. The predicted octanol–water partition coefficient (Wildman–Crippen LogP) is 2.84. The maximum atomic E-state index is 11.7. The van der Waals surface area contributed by atoms with Crippen LogP contribution in [0.2, 0.25) is 0 Å². The van der Waals surface area contributed by atoms with Crippen molar-refractivity contribution in [2.75, 3.05) is 33.9 Å². The van der Waals surface area contributed by atoms with Crippen LogP contribution in [0.1, 0.15) is 38.2 Å². The lowest BCUT2D eigenvalue weighted by Crippen LogP contribution is -2.46. The highest BCUT2D eigenvalue weighted by Crippen LogP contribution is 2.19. The van der Waals surface area contributed by atoms with Gasteiger partial charge in [0.05, 0.1) is 19.6 Å². The average Bonchev–Trinajstić information content (AvgIpc) is 2.69. The van der Waals surface area contributed by atoms with E-state index in [2.05, 4.69) is 27.1 Å². The van der Waals surface area contributed by atoms with Crippen molar-refractivity contribution in [3.63, 3.8) is 0 Å². The minimum absolute atomic E-state index is 0. The number of rotatable bonds is 7. The number of ether oxygens (including phenoxy) is 2. The van der Waals surface area contributed by atoms with Crippen LogP contribution in [-0.2, 0) is 16.1 Å². The molecule has 7 nitrogen and oxygen atoms in total. The van der Waals surface area contributed by atoms with Crippen molar-refractivity contribution in [2.45, 2.75) is 39.2 Å². The monoisotopic (exact) mass is 490 g/mol. The highest BCUT2D eigenvalue weighted by Gasteiger charge is 2.27. The van der Waals surface area contributed by atoms with Gasteiger partial charge in [0.1, 0.15) is 0 Å². The maximum Gasteiger partial charge on any atom is 0.308 e. The molecule has 1 aromatic heterocycles. The Morgan fingerprint density at radius 2 is 2.15 bits per heavy atom. The molecule has 1 aromatic rings. The van der Waals surface area contributed by atoms with Crippen LogP contribution < -0.4 is 10.1 Å². The third kappa shape index (κ3) is 7.15. The fraction of sp³-hybridized carbons (Fsp3) is 0.632. The summed E-state index contributed by atoms with van der Waals surface area (Å²) in [5, 5.41) is 3.38.